The molecule has 2 heteroatoms. The summed E-state index contributed by atoms with van der Waals surface area (Å²) in [5.74, 6) is 0.536. The van der Waals surface area contributed by atoms with E-state index in [1.165, 1.54) is 5.56 Å². The van der Waals surface area contributed by atoms with Crippen molar-refractivity contribution in [2.45, 2.75) is 31.7 Å². The van der Waals surface area contributed by atoms with Crippen LogP contribution in [0.4, 0.5) is 0 Å². The second-order valence-corrected chi connectivity index (χ2v) is 5.57. The van der Waals surface area contributed by atoms with Crippen LogP contribution in [0.3, 0.4) is 0 Å². The summed E-state index contributed by atoms with van der Waals surface area (Å²) in [6.45, 7) is 8.76. The molecule has 2 nitrogen and oxygen atoms in total. The zero-order valence-corrected chi connectivity index (χ0v) is 13.1. The number of rotatable bonds is 11. The van der Waals surface area contributed by atoms with Gasteiger partial charge in [-0.3, -0.25) is 4.90 Å². The second kappa shape index (κ2) is 10.1. The Kier molecular flexibility index (Phi) is 8.37. The van der Waals surface area contributed by atoms with Crippen molar-refractivity contribution in [3.63, 3.8) is 0 Å². The fraction of sp³-hybridized carbons (Fsp3) is 0.421. The zero-order chi connectivity index (χ0) is 15.5. The highest BCUT2D eigenvalue weighted by Gasteiger charge is 2.16. The van der Waals surface area contributed by atoms with Crippen LogP contribution >= 0.6 is 0 Å². The van der Waals surface area contributed by atoms with Crippen molar-refractivity contribution in [1.82, 2.24) is 4.90 Å². The molecule has 2 atom stereocenters. The number of hydrogen-bond donors (Lipinski definition) is 0. The lowest BCUT2D eigenvalue weighted by Crippen LogP contribution is -2.35. The number of benzene rings is 1. The van der Waals surface area contributed by atoms with Crippen molar-refractivity contribution in [2.75, 3.05) is 13.6 Å². The van der Waals surface area contributed by atoms with Crippen LogP contribution < -0.4 is 0 Å². The predicted octanol–water partition coefficient (Wildman–Crippen LogP) is 3.89. The lowest BCUT2D eigenvalue weighted by molar-refractivity contribution is -0.108. The van der Waals surface area contributed by atoms with E-state index >= 15 is 0 Å². The fourth-order valence-corrected chi connectivity index (χ4v) is 2.71. The summed E-state index contributed by atoms with van der Waals surface area (Å²) in [5.41, 5.74) is 1.36. The van der Waals surface area contributed by atoms with Crippen molar-refractivity contribution >= 4 is 6.29 Å². The molecular weight excluding hydrogens is 258 g/mol. The molecule has 0 N–H and O–H groups in total. The Bertz CT molecular complexity index is 426. The van der Waals surface area contributed by atoms with Gasteiger partial charge in [0, 0.05) is 19.0 Å². The number of aldehydes is 1. The molecule has 0 radical (unpaired) electrons. The number of allylic oxidation sites excluding steroid dienone is 1. The lowest BCUT2D eigenvalue weighted by atomic mass is 9.95. The zero-order valence-electron chi connectivity index (χ0n) is 13.1. The van der Waals surface area contributed by atoms with E-state index in [0.717, 1.165) is 32.1 Å². The summed E-state index contributed by atoms with van der Waals surface area (Å²) in [6, 6.07) is 10.8. The summed E-state index contributed by atoms with van der Waals surface area (Å²) >= 11 is 0. The van der Waals surface area contributed by atoms with Gasteiger partial charge in [-0.15, -0.1) is 13.2 Å². The van der Waals surface area contributed by atoms with Crippen molar-refractivity contribution in [3.05, 3.63) is 61.2 Å². The Balaban J connectivity index is 2.61. The first-order chi connectivity index (χ1) is 10.2. The summed E-state index contributed by atoms with van der Waals surface area (Å²) in [4.78, 5) is 12.8. The number of nitrogens with zero attached hydrogens (tertiary/aromatic N) is 1. The van der Waals surface area contributed by atoms with Crippen LogP contribution in [0, 0.1) is 5.92 Å². The van der Waals surface area contributed by atoms with Crippen LogP contribution in [0.15, 0.2) is 55.6 Å². The quantitative estimate of drug-likeness (QED) is 0.454. The number of likely N-dealkylation sites (N-methyl/N-ethyl adjacent to an activating group) is 1. The first-order valence-corrected chi connectivity index (χ1v) is 7.62. The highest BCUT2D eigenvalue weighted by molar-refractivity contribution is 5.49. The molecule has 0 aliphatic heterocycles. The van der Waals surface area contributed by atoms with Gasteiger partial charge >= 0.3 is 0 Å². The van der Waals surface area contributed by atoms with Crippen molar-refractivity contribution < 1.29 is 4.79 Å². The number of carbonyl (C=O) groups is 1. The largest absolute Gasteiger partial charge is 0.303 e. The van der Waals surface area contributed by atoms with E-state index in [1.807, 2.05) is 18.2 Å². The highest BCUT2D eigenvalue weighted by Crippen LogP contribution is 2.16. The lowest BCUT2D eigenvalue weighted by Gasteiger charge is -2.29. The minimum Gasteiger partial charge on any atom is -0.303 e. The molecule has 0 heterocycles. The van der Waals surface area contributed by atoms with Crippen LogP contribution in [0.5, 0.6) is 0 Å². The molecule has 1 aromatic carbocycles. The molecule has 0 aromatic heterocycles. The molecular formula is C19H27NO. The standard InChI is InChI=1S/C19H27NO/c1-4-10-18(15-17-11-7-6-8-12-17)16-20(3)19(5-2)13-9-14-21/h4-8,11-12,14,18-19H,1-2,9-10,13,15-16H2,3H3. The number of carbonyl (C=O) groups excluding carboxylic acids is 1. The topological polar surface area (TPSA) is 20.3 Å². The maximum atomic E-state index is 10.5. The van der Waals surface area contributed by atoms with Gasteiger partial charge in [0.15, 0.2) is 0 Å². The van der Waals surface area contributed by atoms with Crippen molar-refractivity contribution in [2.24, 2.45) is 5.92 Å². The first kappa shape index (κ1) is 17.4. The minimum atomic E-state index is 0.262. The average molecular weight is 285 g/mol. The van der Waals surface area contributed by atoms with Gasteiger partial charge in [0.05, 0.1) is 0 Å². The van der Waals surface area contributed by atoms with E-state index in [-0.39, 0.29) is 6.04 Å². The second-order valence-electron chi connectivity index (χ2n) is 5.57. The molecule has 0 saturated heterocycles. The van der Waals surface area contributed by atoms with E-state index in [2.05, 4.69) is 49.4 Å². The van der Waals surface area contributed by atoms with E-state index in [9.17, 15) is 4.79 Å². The normalized spacial score (nSPS) is 13.6. The van der Waals surface area contributed by atoms with E-state index < -0.39 is 0 Å². The highest BCUT2D eigenvalue weighted by atomic mass is 16.1. The molecule has 0 saturated carbocycles. The van der Waals surface area contributed by atoms with Gasteiger partial charge in [0.1, 0.15) is 6.29 Å². The van der Waals surface area contributed by atoms with E-state index in [1.54, 1.807) is 0 Å². The Morgan fingerprint density at radius 1 is 1.24 bits per heavy atom. The van der Waals surface area contributed by atoms with Gasteiger partial charge in [-0.05, 0) is 37.8 Å². The van der Waals surface area contributed by atoms with Gasteiger partial charge < -0.3 is 4.79 Å². The maximum absolute atomic E-state index is 10.5. The third-order valence-corrected chi connectivity index (χ3v) is 3.83. The molecule has 0 spiro atoms. The van der Waals surface area contributed by atoms with Crippen molar-refractivity contribution in [3.8, 4) is 0 Å². The van der Waals surface area contributed by atoms with E-state index in [0.29, 0.717) is 12.3 Å². The first-order valence-electron chi connectivity index (χ1n) is 7.62. The molecule has 0 fully saturated rings. The molecule has 0 aliphatic carbocycles. The van der Waals surface area contributed by atoms with E-state index in [4.69, 9.17) is 0 Å². The molecule has 114 valence electrons. The van der Waals surface area contributed by atoms with Crippen LogP contribution in [0.2, 0.25) is 0 Å². The Morgan fingerprint density at radius 3 is 2.52 bits per heavy atom. The van der Waals surface area contributed by atoms with Crippen LogP contribution in [-0.2, 0) is 11.2 Å². The Hall–Kier alpha value is -1.67. The molecule has 1 aromatic rings. The van der Waals surface area contributed by atoms with Gasteiger partial charge in [0.2, 0.25) is 0 Å². The SMILES string of the molecule is C=CCC(Cc1ccccc1)CN(C)C(C=C)CCC=O. The molecule has 1 rings (SSSR count). The molecule has 2 unspecified atom stereocenters. The third-order valence-electron chi connectivity index (χ3n) is 3.83. The minimum absolute atomic E-state index is 0.262. The van der Waals surface area contributed by atoms with Crippen LogP contribution in [0.25, 0.3) is 0 Å². The van der Waals surface area contributed by atoms with Gasteiger partial charge in [-0.2, -0.15) is 0 Å². The van der Waals surface area contributed by atoms with Gasteiger partial charge in [0.25, 0.3) is 0 Å². The Morgan fingerprint density at radius 2 is 1.95 bits per heavy atom. The fourth-order valence-electron chi connectivity index (χ4n) is 2.71. The van der Waals surface area contributed by atoms with Gasteiger partial charge in [-0.25, -0.2) is 0 Å². The molecule has 21 heavy (non-hydrogen) atoms. The summed E-state index contributed by atoms with van der Waals surface area (Å²) in [5, 5.41) is 0. The van der Waals surface area contributed by atoms with Crippen molar-refractivity contribution in [1.29, 1.82) is 0 Å². The van der Waals surface area contributed by atoms with Crippen LogP contribution in [0.1, 0.15) is 24.8 Å². The summed E-state index contributed by atoms with van der Waals surface area (Å²) in [6.07, 6.45) is 8.40. The monoisotopic (exact) mass is 285 g/mol. The molecule has 0 aliphatic rings. The van der Waals surface area contributed by atoms with Crippen LogP contribution in [-0.4, -0.2) is 30.8 Å². The molecule has 0 bridgehead atoms. The predicted molar refractivity (Wildman–Crippen MR) is 90.4 cm³/mol. The summed E-state index contributed by atoms with van der Waals surface area (Å²) < 4.78 is 0. The Labute approximate surface area is 129 Å². The third kappa shape index (κ3) is 6.54. The number of hydrogen-bond acceptors (Lipinski definition) is 2. The average Bonchev–Trinajstić information content (AvgIpc) is 2.49. The smallest absolute Gasteiger partial charge is 0.120 e. The van der Waals surface area contributed by atoms with Gasteiger partial charge in [-0.1, -0.05) is 42.5 Å². The maximum Gasteiger partial charge on any atom is 0.120 e. The summed E-state index contributed by atoms with van der Waals surface area (Å²) in [7, 11) is 2.11. The molecule has 0 amide bonds.